The van der Waals surface area contributed by atoms with Crippen LogP contribution in [0, 0.1) is 0 Å². The zero-order valence-electron chi connectivity index (χ0n) is 21.9. The van der Waals surface area contributed by atoms with Gasteiger partial charge in [-0.3, -0.25) is 0 Å². The van der Waals surface area contributed by atoms with Gasteiger partial charge in [0.05, 0.1) is 26.0 Å². The van der Waals surface area contributed by atoms with Crippen LogP contribution in [0.2, 0.25) is 10.0 Å². The van der Waals surface area contributed by atoms with Gasteiger partial charge < -0.3 is 14.0 Å². The monoisotopic (exact) mass is 557 g/mol. The molecule has 196 valence electrons. The Morgan fingerprint density at radius 1 is 0.919 bits per heavy atom. The van der Waals surface area contributed by atoms with Gasteiger partial charge in [0, 0.05) is 27.2 Å². The van der Waals surface area contributed by atoms with Crippen molar-refractivity contribution in [1.29, 1.82) is 0 Å². The van der Waals surface area contributed by atoms with Crippen LogP contribution in [0.1, 0.15) is 56.3 Å². The highest BCUT2D eigenvalue weighted by atomic mass is 35.5. The van der Waals surface area contributed by atoms with Gasteiger partial charge in [-0.1, -0.05) is 99.1 Å². The van der Waals surface area contributed by atoms with Gasteiger partial charge in [0.15, 0.2) is 0 Å². The van der Waals surface area contributed by atoms with E-state index < -0.39 is 0 Å². The number of benzene rings is 2. The van der Waals surface area contributed by atoms with Crippen LogP contribution in [0.5, 0.6) is 5.88 Å². The van der Waals surface area contributed by atoms with Crippen LogP contribution in [0.15, 0.2) is 76.8 Å². The smallest absolute Gasteiger partial charge is 0.212 e. The van der Waals surface area contributed by atoms with Gasteiger partial charge in [0.1, 0.15) is 17.5 Å². The number of aromatic nitrogens is 3. The third kappa shape index (κ3) is 8.24. The first-order valence-electron chi connectivity index (χ1n) is 12.3. The minimum atomic E-state index is 0.218. The van der Waals surface area contributed by atoms with E-state index in [0.717, 1.165) is 32.6 Å². The molecular formula is C29H33Cl2N3O2S. The normalized spacial score (nSPS) is 10.8. The lowest BCUT2D eigenvalue weighted by molar-refractivity contribution is 0.0991. The van der Waals surface area contributed by atoms with Crippen molar-refractivity contribution >= 4 is 35.0 Å². The molecule has 37 heavy (non-hydrogen) atoms. The molecular weight excluding hydrogens is 525 g/mol. The van der Waals surface area contributed by atoms with E-state index in [-0.39, 0.29) is 5.92 Å². The summed E-state index contributed by atoms with van der Waals surface area (Å²) in [6.45, 7) is 9.78. The maximum absolute atomic E-state index is 6.29. The lowest BCUT2D eigenvalue weighted by atomic mass is 10.1. The Kier molecular flexibility index (Phi) is 11.3. The van der Waals surface area contributed by atoms with Crippen LogP contribution in [-0.2, 0) is 24.5 Å². The molecule has 0 aliphatic carbocycles. The molecule has 0 saturated heterocycles. The van der Waals surface area contributed by atoms with Crippen molar-refractivity contribution in [3.63, 3.8) is 0 Å². The Labute approximate surface area is 234 Å². The predicted octanol–water partition coefficient (Wildman–Crippen LogP) is 8.66. The summed E-state index contributed by atoms with van der Waals surface area (Å²) < 4.78 is 13.5. The lowest BCUT2D eigenvalue weighted by Gasteiger charge is -2.14. The first kappa shape index (κ1) is 29.1. The molecule has 5 nitrogen and oxygen atoms in total. The summed E-state index contributed by atoms with van der Waals surface area (Å²) in [5.41, 5.74) is 3.16. The number of nitrogens with zero attached hydrogens (tertiary/aromatic N) is 3. The molecule has 0 N–H and O–H groups in total. The summed E-state index contributed by atoms with van der Waals surface area (Å²) >= 11 is 14.2. The van der Waals surface area contributed by atoms with Crippen molar-refractivity contribution in [3.05, 3.63) is 99.6 Å². The summed E-state index contributed by atoms with van der Waals surface area (Å²) in [7, 11) is 1.61. The third-order valence-electron chi connectivity index (χ3n) is 5.31. The van der Waals surface area contributed by atoms with Crippen molar-refractivity contribution in [2.24, 2.45) is 0 Å². The highest BCUT2D eigenvalue weighted by Crippen LogP contribution is 2.37. The predicted molar refractivity (Wildman–Crippen MR) is 153 cm³/mol. The van der Waals surface area contributed by atoms with Crippen LogP contribution in [-0.4, -0.2) is 21.6 Å². The Bertz CT molecular complexity index is 1240. The van der Waals surface area contributed by atoms with E-state index in [1.807, 2.05) is 62.5 Å². The van der Waals surface area contributed by atoms with Gasteiger partial charge in [-0.15, -0.1) is 0 Å². The molecule has 0 amide bonds. The fourth-order valence-electron chi connectivity index (χ4n) is 3.60. The quantitative estimate of drug-likeness (QED) is 0.195. The fraction of sp³-hybridized carbons (Fsp3) is 0.310. The number of pyridine rings is 1. The second-order valence-corrected chi connectivity index (χ2v) is 10.3. The summed E-state index contributed by atoms with van der Waals surface area (Å²) in [4.78, 5) is 10.3. The Balaban J connectivity index is 0.00000186. The van der Waals surface area contributed by atoms with E-state index in [9.17, 15) is 0 Å². The molecule has 0 aliphatic heterocycles. The van der Waals surface area contributed by atoms with Gasteiger partial charge in [0.25, 0.3) is 0 Å². The molecule has 0 unspecified atom stereocenters. The van der Waals surface area contributed by atoms with Gasteiger partial charge in [-0.05, 0) is 35.2 Å². The van der Waals surface area contributed by atoms with Crippen molar-refractivity contribution in [2.75, 3.05) is 7.11 Å². The Morgan fingerprint density at radius 2 is 1.62 bits per heavy atom. The first-order chi connectivity index (χ1) is 17.9. The van der Waals surface area contributed by atoms with Gasteiger partial charge in [0.2, 0.25) is 5.88 Å². The van der Waals surface area contributed by atoms with Crippen LogP contribution >= 0.6 is 35.0 Å². The first-order valence-corrected chi connectivity index (χ1v) is 13.8. The average molecular weight is 559 g/mol. The molecule has 2 heterocycles. The second-order valence-electron chi connectivity index (χ2n) is 8.35. The SMILES string of the molecule is CC.COc1ccc(Cn2c(COCc3ccccc3)nc(C(C)C)c2Sc2cc(Cl)cc(Cl)c2)cn1. The number of ether oxygens (including phenoxy) is 2. The molecule has 4 rings (SSSR count). The topological polar surface area (TPSA) is 49.2 Å². The number of methoxy groups -OCH3 is 1. The van der Waals surface area contributed by atoms with Crippen molar-refractivity contribution in [3.8, 4) is 5.88 Å². The molecule has 0 fully saturated rings. The summed E-state index contributed by atoms with van der Waals surface area (Å²) in [5, 5.41) is 2.23. The Morgan fingerprint density at radius 3 is 2.22 bits per heavy atom. The van der Waals surface area contributed by atoms with E-state index >= 15 is 0 Å². The summed E-state index contributed by atoms with van der Waals surface area (Å²) in [5.74, 6) is 1.66. The standard InChI is InChI=1S/C27H27Cl2N3O2S.C2H6/c1-18(2)26-27(35-23-12-21(28)11-22(29)13-23)32(15-20-9-10-25(33-3)30-14-20)24(31-26)17-34-16-19-7-5-4-6-8-19;1-2/h4-14,18H,15-17H2,1-3H3;1-2H3. The number of halogens is 2. The van der Waals surface area contributed by atoms with Crippen LogP contribution in [0.25, 0.3) is 0 Å². The highest BCUT2D eigenvalue weighted by molar-refractivity contribution is 7.99. The van der Waals surface area contributed by atoms with Gasteiger partial charge >= 0.3 is 0 Å². The lowest BCUT2D eigenvalue weighted by Crippen LogP contribution is -2.09. The zero-order chi connectivity index (χ0) is 26.8. The maximum atomic E-state index is 6.29. The molecule has 0 bridgehead atoms. The fourth-order valence-corrected chi connectivity index (χ4v) is 5.52. The number of imidazole rings is 1. The highest BCUT2D eigenvalue weighted by Gasteiger charge is 2.21. The Hall–Kier alpha value is -2.51. The van der Waals surface area contributed by atoms with Crippen molar-refractivity contribution < 1.29 is 9.47 Å². The van der Waals surface area contributed by atoms with Crippen LogP contribution < -0.4 is 4.74 Å². The summed E-state index contributed by atoms with van der Waals surface area (Å²) in [6, 6.07) is 19.6. The van der Waals surface area contributed by atoms with Crippen LogP contribution in [0.4, 0.5) is 0 Å². The van der Waals surface area contributed by atoms with Gasteiger partial charge in [-0.2, -0.15) is 0 Å². The van der Waals surface area contributed by atoms with E-state index in [1.165, 1.54) is 0 Å². The van der Waals surface area contributed by atoms with Crippen molar-refractivity contribution in [1.82, 2.24) is 14.5 Å². The minimum absolute atomic E-state index is 0.218. The molecule has 0 radical (unpaired) electrons. The van der Waals surface area contributed by atoms with Crippen LogP contribution in [0.3, 0.4) is 0 Å². The van der Waals surface area contributed by atoms with Gasteiger partial charge in [-0.25, -0.2) is 9.97 Å². The van der Waals surface area contributed by atoms with E-state index in [0.29, 0.717) is 35.7 Å². The average Bonchev–Trinajstić information content (AvgIpc) is 3.22. The second kappa shape index (κ2) is 14.4. The molecule has 0 spiro atoms. The molecule has 2 aromatic heterocycles. The molecule has 4 aromatic rings. The zero-order valence-corrected chi connectivity index (χ0v) is 24.2. The number of hydrogen-bond acceptors (Lipinski definition) is 5. The largest absolute Gasteiger partial charge is 0.481 e. The van der Waals surface area contributed by atoms with E-state index in [2.05, 4.69) is 35.5 Å². The van der Waals surface area contributed by atoms with E-state index in [4.69, 9.17) is 37.7 Å². The molecule has 0 saturated carbocycles. The molecule has 2 aromatic carbocycles. The minimum Gasteiger partial charge on any atom is -0.481 e. The molecule has 0 aliphatic rings. The number of hydrogen-bond donors (Lipinski definition) is 0. The molecule has 8 heteroatoms. The third-order valence-corrected chi connectivity index (χ3v) is 6.84. The molecule has 0 atom stereocenters. The summed E-state index contributed by atoms with van der Waals surface area (Å²) in [6.07, 6.45) is 1.83. The van der Waals surface area contributed by atoms with E-state index in [1.54, 1.807) is 24.9 Å². The van der Waals surface area contributed by atoms with Crippen molar-refractivity contribution in [2.45, 2.75) is 63.3 Å². The number of rotatable bonds is 10. The maximum Gasteiger partial charge on any atom is 0.212 e.